The molecule has 100 valence electrons. The van der Waals surface area contributed by atoms with Gasteiger partial charge in [-0.05, 0) is 31.2 Å². The summed E-state index contributed by atoms with van der Waals surface area (Å²) < 4.78 is 0. The predicted octanol–water partition coefficient (Wildman–Crippen LogP) is 1.54. The number of carboxylic acid groups (broad SMARTS) is 1. The van der Waals surface area contributed by atoms with Crippen LogP contribution in [-0.2, 0) is 11.2 Å². The molecule has 0 spiro atoms. The third-order valence-corrected chi connectivity index (χ3v) is 3.18. The molecule has 0 fully saturated rings. The number of carbonyl (C=O) groups is 1. The third-order valence-electron chi connectivity index (χ3n) is 3.18. The number of hydrogen-bond acceptors (Lipinski definition) is 3. The zero-order chi connectivity index (χ0) is 13.4. The second-order valence-corrected chi connectivity index (χ2v) is 4.66. The highest BCUT2D eigenvalue weighted by molar-refractivity contribution is 5.68. The molecular weight excluding hydrogens is 228 g/mol. The third kappa shape index (κ3) is 4.88. The lowest BCUT2D eigenvalue weighted by Crippen LogP contribution is -2.38. The standard InChI is InChI=1S/C15H22O3/c1-2-7-14(16)13(15(17)18)11-6-10-12-8-4-3-5-9-12/h3-5,8-9,13-14,16H,2,6-7,10-11H2,1H3,(H,17,18)/p-1. The Hall–Kier alpha value is -1.35. The first-order chi connectivity index (χ1) is 8.65. The highest BCUT2D eigenvalue weighted by Crippen LogP contribution is 2.17. The summed E-state index contributed by atoms with van der Waals surface area (Å²) in [4.78, 5) is 11.0. The van der Waals surface area contributed by atoms with Crippen molar-refractivity contribution in [1.29, 1.82) is 0 Å². The Morgan fingerprint density at radius 2 is 1.94 bits per heavy atom. The molecule has 0 radical (unpaired) electrons. The van der Waals surface area contributed by atoms with E-state index < -0.39 is 18.0 Å². The van der Waals surface area contributed by atoms with Crippen molar-refractivity contribution in [2.75, 3.05) is 0 Å². The molecule has 0 saturated carbocycles. The van der Waals surface area contributed by atoms with Crippen molar-refractivity contribution in [1.82, 2.24) is 0 Å². The van der Waals surface area contributed by atoms with Crippen LogP contribution >= 0.6 is 0 Å². The summed E-state index contributed by atoms with van der Waals surface area (Å²) in [6.07, 6.45) is 2.58. The Morgan fingerprint density at radius 3 is 2.50 bits per heavy atom. The quantitative estimate of drug-likeness (QED) is 0.760. The molecule has 1 aromatic carbocycles. The van der Waals surface area contributed by atoms with E-state index >= 15 is 0 Å². The Balaban J connectivity index is 2.41. The first kappa shape index (κ1) is 14.7. The maximum atomic E-state index is 11.0. The molecule has 0 saturated heterocycles. The SMILES string of the molecule is CCCC(O)C(CCCc1ccccc1)C(=O)[O-]. The van der Waals surface area contributed by atoms with E-state index in [1.165, 1.54) is 5.56 Å². The summed E-state index contributed by atoms with van der Waals surface area (Å²) in [5, 5.41) is 20.7. The van der Waals surface area contributed by atoms with Gasteiger partial charge >= 0.3 is 0 Å². The van der Waals surface area contributed by atoms with Crippen LogP contribution in [0.5, 0.6) is 0 Å². The van der Waals surface area contributed by atoms with E-state index in [2.05, 4.69) is 0 Å². The zero-order valence-corrected chi connectivity index (χ0v) is 10.8. The first-order valence-corrected chi connectivity index (χ1v) is 6.58. The monoisotopic (exact) mass is 249 g/mol. The number of aryl methyl sites for hydroxylation is 1. The van der Waals surface area contributed by atoms with Crippen molar-refractivity contribution in [2.45, 2.75) is 45.1 Å². The van der Waals surface area contributed by atoms with Crippen LogP contribution in [0.25, 0.3) is 0 Å². The Kier molecular flexibility index (Phi) is 6.44. The molecular formula is C15H21O3-. The number of hydrogen-bond donors (Lipinski definition) is 1. The Labute approximate surface area is 108 Å². The van der Waals surface area contributed by atoms with Gasteiger partial charge in [0.2, 0.25) is 0 Å². The molecule has 0 aliphatic carbocycles. The van der Waals surface area contributed by atoms with Gasteiger partial charge in [-0.15, -0.1) is 0 Å². The second-order valence-electron chi connectivity index (χ2n) is 4.66. The lowest BCUT2D eigenvalue weighted by atomic mass is 9.92. The van der Waals surface area contributed by atoms with Crippen LogP contribution in [0.2, 0.25) is 0 Å². The van der Waals surface area contributed by atoms with Crippen LogP contribution in [0.15, 0.2) is 30.3 Å². The molecule has 2 unspecified atom stereocenters. The number of carboxylic acids is 1. The fourth-order valence-electron chi connectivity index (χ4n) is 2.14. The van der Waals surface area contributed by atoms with Crippen molar-refractivity contribution < 1.29 is 15.0 Å². The van der Waals surface area contributed by atoms with Crippen molar-refractivity contribution in [2.24, 2.45) is 5.92 Å². The minimum absolute atomic E-state index is 0.471. The van der Waals surface area contributed by atoms with Gasteiger partial charge in [0.05, 0.1) is 6.10 Å². The van der Waals surface area contributed by atoms with Gasteiger partial charge in [-0.25, -0.2) is 0 Å². The lowest BCUT2D eigenvalue weighted by molar-refractivity contribution is -0.314. The summed E-state index contributed by atoms with van der Waals surface area (Å²) in [6, 6.07) is 9.94. The van der Waals surface area contributed by atoms with Gasteiger partial charge in [0.15, 0.2) is 0 Å². The number of aliphatic carboxylic acids is 1. The number of carbonyl (C=O) groups excluding carboxylic acids is 1. The zero-order valence-electron chi connectivity index (χ0n) is 10.8. The van der Waals surface area contributed by atoms with Gasteiger partial charge in [0.1, 0.15) is 0 Å². The van der Waals surface area contributed by atoms with Crippen LogP contribution < -0.4 is 5.11 Å². The molecule has 0 aromatic heterocycles. The topological polar surface area (TPSA) is 60.4 Å². The predicted molar refractivity (Wildman–Crippen MR) is 68.8 cm³/mol. The smallest absolute Gasteiger partial charge is 0.0620 e. The first-order valence-electron chi connectivity index (χ1n) is 6.58. The van der Waals surface area contributed by atoms with E-state index in [0.29, 0.717) is 12.8 Å². The largest absolute Gasteiger partial charge is 0.550 e. The van der Waals surface area contributed by atoms with Crippen molar-refractivity contribution in [3.05, 3.63) is 35.9 Å². The average Bonchev–Trinajstić information content (AvgIpc) is 2.35. The number of rotatable bonds is 8. The van der Waals surface area contributed by atoms with Gasteiger partial charge in [-0.2, -0.15) is 0 Å². The van der Waals surface area contributed by atoms with Crippen LogP contribution in [0.3, 0.4) is 0 Å². The molecule has 0 aliphatic rings. The molecule has 0 amide bonds. The van der Waals surface area contributed by atoms with Crippen LogP contribution in [0.1, 0.15) is 38.2 Å². The maximum Gasteiger partial charge on any atom is 0.0620 e. The van der Waals surface area contributed by atoms with E-state index in [0.717, 1.165) is 19.3 Å². The maximum absolute atomic E-state index is 11.0. The summed E-state index contributed by atoms with van der Waals surface area (Å²) >= 11 is 0. The number of aliphatic hydroxyl groups excluding tert-OH is 1. The van der Waals surface area contributed by atoms with Gasteiger partial charge in [0, 0.05) is 11.9 Å². The van der Waals surface area contributed by atoms with Crippen molar-refractivity contribution in [3.8, 4) is 0 Å². The summed E-state index contributed by atoms with van der Waals surface area (Å²) in [6.45, 7) is 1.93. The molecule has 0 aliphatic heterocycles. The van der Waals surface area contributed by atoms with E-state index in [1.54, 1.807) is 0 Å². The average molecular weight is 249 g/mol. The summed E-state index contributed by atoms with van der Waals surface area (Å²) in [7, 11) is 0. The minimum Gasteiger partial charge on any atom is -0.550 e. The van der Waals surface area contributed by atoms with E-state index in [-0.39, 0.29) is 0 Å². The fraction of sp³-hybridized carbons (Fsp3) is 0.533. The molecule has 3 nitrogen and oxygen atoms in total. The molecule has 0 bridgehead atoms. The Bertz CT molecular complexity index is 348. The van der Waals surface area contributed by atoms with Crippen molar-refractivity contribution in [3.63, 3.8) is 0 Å². The van der Waals surface area contributed by atoms with E-state index in [4.69, 9.17) is 0 Å². The lowest BCUT2D eigenvalue weighted by Gasteiger charge is -2.23. The normalized spacial score (nSPS) is 14.1. The molecule has 1 aromatic rings. The van der Waals surface area contributed by atoms with Gasteiger partial charge in [-0.3, -0.25) is 0 Å². The highest BCUT2D eigenvalue weighted by atomic mass is 16.4. The Morgan fingerprint density at radius 1 is 1.28 bits per heavy atom. The molecule has 1 N–H and O–H groups in total. The fourth-order valence-corrected chi connectivity index (χ4v) is 2.14. The van der Waals surface area contributed by atoms with Crippen LogP contribution in [0.4, 0.5) is 0 Å². The molecule has 0 heterocycles. The van der Waals surface area contributed by atoms with Gasteiger partial charge in [0.25, 0.3) is 0 Å². The van der Waals surface area contributed by atoms with Crippen molar-refractivity contribution >= 4 is 5.97 Å². The molecule has 1 rings (SSSR count). The van der Waals surface area contributed by atoms with Crippen LogP contribution in [0, 0.1) is 5.92 Å². The molecule has 18 heavy (non-hydrogen) atoms. The van der Waals surface area contributed by atoms with E-state index in [9.17, 15) is 15.0 Å². The molecule has 3 heteroatoms. The van der Waals surface area contributed by atoms with E-state index in [1.807, 2.05) is 37.3 Å². The number of aliphatic hydroxyl groups is 1. The summed E-state index contributed by atoms with van der Waals surface area (Å²) in [5.41, 5.74) is 1.19. The van der Waals surface area contributed by atoms with Gasteiger partial charge in [-0.1, -0.05) is 43.7 Å². The second kappa shape index (κ2) is 7.88. The highest BCUT2D eigenvalue weighted by Gasteiger charge is 2.19. The van der Waals surface area contributed by atoms with Gasteiger partial charge < -0.3 is 15.0 Å². The minimum atomic E-state index is -1.14. The summed E-state index contributed by atoms with van der Waals surface area (Å²) in [5.74, 6) is -1.88. The van der Waals surface area contributed by atoms with Crippen LogP contribution in [-0.4, -0.2) is 17.2 Å². The molecule has 2 atom stereocenters. The number of benzene rings is 1.